The van der Waals surface area contributed by atoms with Crippen molar-refractivity contribution < 1.29 is 14.7 Å². The van der Waals surface area contributed by atoms with Gasteiger partial charge in [-0.25, -0.2) is 0 Å². The number of phenolic OH excluding ortho intramolecular Hbond substituents is 1. The molecule has 0 bridgehead atoms. The van der Waals surface area contributed by atoms with Crippen molar-refractivity contribution in [2.45, 2.75) is 13.3 Å². The summed E-state index contributed by atoms with van der Waals surface area (Å²) in [5.41, 5.74) is 5.36. The van der Waals surface area contributed by atoms with E-state index in [0.717, 1.165) is 0 Å². The van der Waals surface area contributed by atoms with Gasteiger partial charge in [0.25, 0.3) is 5.91 Å². The van der Waals surface area contributed by atoms with Gasteiger partial charge >= 0.3 is 0 Å². The Morgan fingerprint density at radius 2 is 2.15 bits per heavy atom. The number of nitrogens with one attached hydrogen (secondary N) is 1. The van der Waals surface area contributed by atoms with Crippen LogP contribution in [0.4, 0.5) is 5.69 Å². The first kappa shape index (κ1) is 14.2. The number of hydrogen-bond donors (Lipinski definition) is 3. The first-order chi connectivity index (χ1) is 9.39. The molecule has 2 amide bonds. The number of rotatable bonds is 2. The molecule has 2 rings (SSSR count). The van der Waals surface area contributed by atoms with Gasteiger partial charge in [-0.1, -0.05) is 6.07 Å². The second-order valence-corrected chi connectivity index (χ2v) is 5.36. The highest BCUT2D eigenvalue weighted by Crippen LogP contribution is 2.33. The standard InChI is InChI=1S/C14H19N3O3/c1-14(13(20)16-2)6-7-17(8-14)12(19)9-4-3-5-10(15)11(9)18/h3-5,18H,6-8,15H2,1-2H3,(H,16,20). The maximum Gasteiger partial charge on any atom is 0.257 e. The highest BCUT2D eigenvalue weighted by molar-refractivity contribution is 5.99. The van der Waals surface area contributed by atoms with Gasteiger partial charge in [0.1, 0.15) is 0 Å². The minimum atomic E-state index is -0.583. The van der Waals surface area contributed by atoms with Gasteiger partial charge in [-0.05, 0) is 25.5 Å². The molecule has 1 aliphatic heterocycles. The number of amides is 2. The Labute approximate surface area is 117 Å². The van der Waals surface area contributed by atoms with Crippen molar-refractivity contribution in [1.82, 2.24) is 10.2 Å². The fourth-order valence-corrected chi connectivity index (χ4v) is 2.53. The average molecular weight is 277 g/mol. The summed E-state index contributed by atoms with van der Waals surface area (Å²) in [4.78, 5) is 25.8. The molecule has 1 aliphatic rings. The Bertz CT molecular complexity index is 559. The van der Waals surface area contributed by atoms with E-state index in [-0.39, 0.29) is 28.8 Å². The van der Waals surface area contributed by atoms with Crippen molar-refractivity contribution in [2.75, 3.05) is 25.9 Å². The zero-order valence-electron chi connectivity index (χ0n) is 11.6. The quantitative estimate of drug-likeness (QED) is 0.544. The molecule has 1 fully saturated rings. The lowest BCUT2D eigenvalue weighted by Crippen LogP contribution is -2.40. The van der Waals surface area contributed by atoms with Crippen molar-refractivity contribution in [3.8, 4) is 5.75 Å². The van der Waals surface area contributed by atoms with Crippen LogP contribution >= 0.6 is 0 Å². The Balaban J connectivity index is 2.20. The predicted molar refractivity (Wildman–Crippen MR) is 75.2 cm³/mol. The van der Waals surface area contributed by atoms with Gasteiger partial charge in [-0.15, -0.1) is 0 Å². The highest BCUT2D eigenvalue weighted by atomic mass is 16.3. The minimum absolute atomic E-state index is 0.0791. The number of nitrogen functional groups attached to an aromatic ring is 1. The van der Waals surface area contributed by atoms with E-state index in [1.807, 2.05) is 6.92 Å². The van der Waals surface area contributed by atoms with Crippen LogP contribution in [0.2, 0.25) is 0 Å². The molecule has 6 heteroatoms. The van der Waals surface area contributed by atoms with E-state index in [2.05, 4.69) is 5.32 Å². The maximum absolute atomic E-state index is 12.4. The first-order valence-electron chi connectivity index (χ1n) is 6.48. The molecule has 0 spiro atoms. The summed E-state index contributed by atoms with van der Waals surface area (Å²) in [6, 6.07) is 4.69. The molecule has 1 aromatic rings. The van der Waals surface area contributed by atoms with Crippen LogP contribution in [0.25, 0.3) is 0 Å². The fraction of sp³-hybridized carbons (Fsp3) is 0.429. The molecule has 0 aromatic heterocycles. The molecule has 1 saturated heterocycles. The number of para-hydroxylation sites is 1. The van der Waals surface area contributed by atoms with Crippen LogP contribution in [0, 0.1) is 5.41 Å². The van der Waals surface area contributed by atoms with E-state index in [1.165, 1.54) is 12.1 Å². The van der Waals surface area contributed by atoms with Crippen molar-refractivity contribution in [2.24, 2.45) is 5.41 Å². The van der Waals surface area contributed by atoms with Crippen LogP contribution in [0.1, 0.15) is 23.7 Å². The third-order valence-electron chi connectivity index (χ3n) is 3.83. The average Bonchev–Trinajstić information content (AvgIpc) is 2.84. The molecule has 1 heterocycles. The second kappa shape index (κ2) is 5.03. The largest absolute Gasteiger partial charge is 0.505 e. The number of carbonyl (C=O) groups is 2. The lowest BCUT2D eigenvalue weighted by Gasteiger charge is -2.23. The van der Waals surface area contributed by atoms with Crippen molar-refractivity contribution in [3.63, 3.8) is 0 Å². The Morgan fingerprint density at radius 3 is 2.80 bits per heavy atom. The number of phenols is 1. The highest BCUT2D eigenvalue weighted by Gasteiger charge is 2.42. The van der Waals surface area contributed by atoms with Gasteiger partial charge in [-0.2, -0.15) is 0 Å². The number of nitrogens with two attached hydrogens (primary N) is 1. The van der Waals surface area contributed by atoms with E-state index < -0.39 is 5.41 Å². The summed E-state index contributed by atoms with van der Waals surface area (Å²) in [6.07, 6.45) is 0.599. The van der Waals surface area contributed by atoms with Gasteiger partial charge in [0.05, 0.1) is 16.7 Å². The van der Waals surface area contributed by atoms with Gasteiger partial charge in [0.15, 0.2) is 5.75 Å². The first-order valence-corrected chi connectivity index (χ1v) is 6.48. The lowest BCUT2D eigenvalue weighted by molar-refractivity contribution is -0.128. The third-order valence-corrected chi connectivity index (χ3v) is 3.83. The normalized spacial score (nSPS) is 21.8. The number of aromatic hydroxyl groups is 1. The smallest absolute Gasteiger partial charge is 0.257 e. The topological polar surface area (TPSA) is 95.7 Å². The predicted octanol–water partition coefficient (Wildman–Crippen LogP) is 0.573. The monoisotopic (exact) mass is 277 g/mol. The molecule has 0 saturated carbocycles. The fourth-order valence-electron chi connectivity index (χ4n) is 2.53. The van der Waals surface area contributed by atoms with Crippen LogP contribution in [0.3, 0.4) is 0 Å². The van der Waals surface area contributed by atoms with E-state index >= 15 is 0 Å². The van der Waals surface area contributed by atoms with Crippen LogP contribution in [-0.4, -0.2) is 42.0 Å². The van der Waals surface area contributed by atoms with Gasteiger partial charge in [-0.3, -0.25) is 9.59 Å². The summed E-state index contributed by atoms with van der Waals surface area (Å²) in [6.45, 7) is 2.65. The van der Waals surface area contributed by atoms with E-state index in [1.54, 1.807) is 18.0 Å². The molecule has 6 nitrogen and oxygen atoms in total. The molecule has 0 radical (unpaired) electrons. The molecule has 4 N–H and O–H groups in total. The zero-order chi connectivity index (χ0) is 14.9. The summed E-state index contributed by atoms with van der Waals surface area (Å²) in [7, 11) is 1.59. The molecule has 0 aliphatic carbocycles. The van der Waals surface area contributed by atoms with Crippen LogP contribution in [-0.2, 0) is 4.79 Å². The number of carbonyl (C=O) groups excluding carboxylic acids is 2. The van der Waals surface area contributed by atoms with Crippen LogP contribution in [0.5, 0.6) is 5.75 Å². The lowest BCUT2D eigenvalue weighted by atomic mass is 9.89. The van der Waals surface area contributed by atoms with Gasteiger partial charge in [0.2, 0.25) is 5.91 Å². The summed E-state index contributed by atoms with van der Waals surface area (Å²) in [5, 5.41) is 12.5. The minimum Gasteiger partial charge on any atom is -0.505 e. The Hall–Kier alpha value is -2.24. The van der Waals surface area contributed by atoms with Crippen molar-refractivity contribution >= 4 is 17.5 Å². The molecule has 1 aromatic carbocycles. The van der Waals surface area contributed by atoms with E-state index in [9.17, 15) is 14.7 Å². The number of likely N-dealkylation sites (tertiary alicyclic amines) is 1. The van der Waals surface area contributed by atoms with Crippen LogP contribution < -0.4 is 11.1 Å². The van der Waals surface area contributed by atoms with E-state index in [4.69, 9.17) is 5.73 Å². The third kappa shape index (κ3) is 2.29. The van der Waals surface area contributed by atoms with Crippen LogP contribution in [0.15, 0.2) is 18.2 Å². The molecular formula is C14H19N3O3. The van der Waals surface area contributed by atoms with Crippen molar-refractivity contribution in [3.05, 3.63) is 23.8 Å². The summed E-state index contributed by atoms with van der Waals surface area (Å²) in [5.74, 6) is -0.585. The maximum atomic E-state index is 12.4. The van der Waals surface area contributed by atoms with Crippen molar-refractivity contribution in [1.29, 1.82) is 0 Å². The number of benzene rings is 1. The number of nitrogens with zero attached hydrogens (tertiary/aromatic N) is 1. The van der Waals surface area contributed by atoms with Gasteiger partial charge < -0.3 is 21.1 Å². The second-order valence-electron chi connectivity index (χ2n) is 5.36. The molecule has 108 valence electrons. The van der Waals surface area contributed by atoms with Gasteiger partial charge in [0, 0.05) is 20.1 Å². The molecular weight excluding hydrogens is 258 g/mol. The number of anilines is 1. The molecule has 20 heavy (non-hydrogen) atoms. The zero-order valence-corrected chi connectivity index (χ0v) is 11.6. The SMILES string of the molecule is CNC(=O)C1(C)CCN(C(=O)c2cccc(N)c2O)C1. The summed E-state index contributed by atoms with van der Waals surface area (Å²) < 4.78 is 0. The Morgan fingerprint density at radius 1 is 1.45 bits per heavy atom. The molecule has 1 unspecified atom stereocenters. The molecule has 1 atom stereocenters. The number of hydrogen-bond acceptors (Lipinski definition) is 4. The summed E-state index contributed by atoms with van der Waals surface area (Å²) >= 11 is 0. The van der Waals surface area contributed by atoms with E-state index in [0.29, 0.717) is 19.5 Å². The Kier molecular flexibility index (Phi) is 3.57.